The third kappa shape index (κ3) is 3.42. The van der Waals surface area contributed by atoms with E-state index in [0.29, 0.717) is 6.54 Å². The molecule has 0 saturated carbocycles. The van der Waals surface area contributed by atoms with Crippen LogP contribution in [0.15, 0.2) is 42.7 Å². The molecule has 1 N–H and O–H groups in total. The van der Waals surface area contributed by atoms with Gasteiger partial charge in [-0.1, -0.05) is 12.1 Å². The van der Waals surface area contributed by atoms with Crippen LogP contribution in [0.1, 0.15) is 12.5 Å². The molecule has 5 heteroatoms. The van der Waals surface area contributed by atoms with E-state index < -0.39 is 0 Å². The van der Waals surface area contributed by atoms with Crippen molar-refractivity contribution in [1.29, 1.82) is 0 Å². The van der Waals surface area contributed by atoms with Crippen LogP contribution in [0, 0.1) is 0 Å². The maximum Gasteiger partial charge on any atom is 0.322 e. The first kappa shape index (κ1) is 13.3. The molecule has 0 radical (unpaired) electrons. The van der Waals surface area contributed by atoms with Gasteiger partial charge in [-0.25, -0.2) is 4.68 Å². The van der Waals surface area contributed by atoms with Crippen molar-refractivity contribution in [2.75, 3.05) is 7.11 Å². The van der Waals surface area contributed by atoms with Crippen molar-refractivity contribution in [2.45, 2.75) is 19.5 Å². The van der Waals surface area contributed by atoms with Crippen LogP contribution in [0.5, 0.6) is 0 Å². The van der Waals surface area contributed by atoms with Crippen molar-refractivity contribution in [3.63, 3.8) is 0 Å². The molecule has 0 unspecified atom stereocenters. The first-order valence-electron chi connectivity index (χ1n) is 6.11. The zero-order chi connectivity index (χ0) is 13.7. The minimum absolute atomic E-state index is 0.256. The first-order valence-corrected chi connectivity index (χ1v) is 6.11. The van der Waals surface area contributed by atoms with Gasteiger partial charge >= 0.3 is 5.97 Å². The van der Waals surface area contributed by atoms with E-state index in [-0.39, 0.29) is 12.0 Å². The summed E-state index contributed by atoms with van der Waals surface area (Å²) in [6, 6.07) is 9.57. The van der Waals surface area contributed by atoms with Gasteiger partial charge in [-0.05, 0) is 30.7 Å². The van der Waals surface area contributed by atoms with Crippen LogP contribution >= 0.6 is 0 Å². The Bertz CT molecular complexity index is 520. The number of hydrogen-bond donors (Lipinski definition) is 1. The van der Waals surface area contributed by atoms with E-state index in [1.807, 2.05) is 36.5 Å². The fraction of sp³-hybridized carbons (Fsp3) is 0.286. The molecule has 0 amide bonds. The van der Waals surface area contributed by atoms with E-state index in [1.165, 1.54) is 7.11 Å². The van der Waals surface area contributed by atoms with Crippen LogP contribution in [-0.2, 0) is 16.1 Å². The number of benzene rings is 1. The summed E-state index contributed by atoms with van der Waals surface area (Å²) in [6.07, 6.45) is 3.64. The summed E-state index contributed by atoms with van der Waals surface area (Å²) >= 11 is 0. The SMILES string of the molecule is COC(=O)[C@H](C)NCc1ccc(-n2cccn2)cc1. The van der Waals surface area contributed by atoms with E-state index in [0.717, 1.165) is 11.3 Å². The summed E-state index contributed by atoms with van der Waals surface area (Å²) in [6.45, 7) is 2.40. The third-order valence-electron chi connectivity index (χ3n) is 2.87. The Hall–Kier alpha value is -2.14. The van der Waals surface area contributed by atoms with Gasteiger partial charge in [-0.3, -0.25) is 4.79 Å². The fourth-order valence-corrected chi connectivity index (χ4v) is 1.72. The molecule has 0 saturated heterocycles. The monoisotopic (exact) mass is 259 g/mol. The molecule has 1 atom stereocenters. The average molecular weight is 259 g/mol. The first-order chi connectivity index (χ1) is 9.20. The average Bonchev–Trinajstić information content (AvgIpc) is 2.98. The van der Waals surface area contributed by atoms with E-state index in [9.17, 15) is 4.79 Å². The molecule has 2 rings (SSSR count). The Labute approximate surface area is 112 Å². The molecule has 0 aliphatic rings. The number of esters is 1. The zero-order valence-corrected chi connectivity index (χ0v) is 11.0. The van der Waals surface area contributed by atoms with Gasteiger partial charge in [-0.2, -0.15) is 5.10 Å². The summed E-state index contributed by atoms with van der Waals surface area (Å²) in [5.41, 5.74) is 2.11. The van der Waals surface area contributed by atoms with Crippen molar-refractivity contribution < 1.29 is 9.53 Å². The summed E-state index contributed by atoms with van der Waals surface area (Å²) in [7, 11) is 1.39. The van der Waals surface area contributed by atoms with Crippen molar-refractivity contribution in [3.8, 4) is 5.69 Å². The molecule has 5 nitrogen and oxygen atoms in total. The number of hydrogen-bond acceptors (Lipinski definition) is 4. The fourth-order valence-electron chi connectivity index (χ4n) is 1.72. The van der Waals surface area contributed by atoms with Gasteiger partial charge in [0.1, 0.15) is 6.04 Å². The third-order valence-corrected chi connectivity index (χ3v) is 2.87. The number of aromatic nitrogens is 2. The zero-order valence-electron chi connectivity index (χ0n) is 11.0. The van der Waals surface area contributed by atoms with E-state index in [2.05, 4.69) is 15.2 Å². The van der Waals surface area contributed by atoms with Crippen LogP contribution in [0.2, 0.25) is 0 Å². The van der Waals surface area contributed by atoms with E-state index in [1.54, 1.807) is 17.8 Å². The van der Waals surface area contributed by atoms with E-state index in [4.69, 9.17) is 0 Å². The Morgan fingerprint density at radius 1 is 1.42 bits per heavy atom. The topological polar surface area (TPSA) is 56.1 Å². The molecule has 0 bridgehead atoms. The van der Waals surface area contributed by atoms with Crippen LogP contribution in [0.4, 0.5) is 0 Å². The van der Waals surface area contributed by atoms with Gasteiger partial charge in [-0.15, -0.1) is 0 Å². The van der Waals surface area contributed by atoms with E-state index >= 15 is 0 Å². The van der Waals surface area contributed by atoms with Crippen molar-refractivity contribution >= 4 is 5.97 Å². The second kappa shape index (κ2) is 6.15. The number of nitrogens with one attached hydrogen (secondary N) is 1. The highest BCUT2D eigenvalue weighted by Crippen LogP contribution is 2.08. The summed E-state index contributed by atoms with van der Waals surface area (Å²) in [4.78, 5) is 11.2. The number of rotatable bonds is 5. The second-order valence-electron chi connectivity index (χ2n) is 4.24. The molecule has 1 aromatic carbocycles. The maximum absolute atomic E-state index is 11.2. The predicted octanol–water partition coefficient (Wildman–Crippen LogP) is 1.52. The molecule has 2 aromatic rings. The largest absolute Gasteiger partial charge is 0.468 e. The van der Waals surface area contributed by atoms with Crippen LogP contribution in [-0.4, -0.2) is 28.9 Å². The number of carbonyl (C=O) groups excluding carboxylic acids is 1. The van der Waals surface area contributed by atoms with Crippen LogP contribution in [0.3, 0.4) is 0 Å². The smallest absolute Gasteiger partial charge is 0.322 e. The minimum atomic E-state index is -0.309. The van der Waals surface area contributed by atoms with Crippen molar-refractivity contribution in [3.05, 3.63) is 48.3 Å². The van der Waals surface area contributed by atoms with Crippen molar-refractivity contribution in [2.24, 2.45) is 0 Å². The Kier molecular flexibility index (Phi) is 4.30. The molecular weight excluding hydrogens is 242 g/mol. The Morgan fingerprint density at radius 3 is 2.74 bits per heavy atom. The summed E-state index contributed by atoms with van der Waals surface area (Å²) in [5.74, 6) is -0.256. The molecule has 1 aromatic heterocycles. The van der Waals surface area contributed by atoms with Gasteiger partial charge < -0.3 is 10.1 Å². The van der Waals surface area contributed by atoms with Gasteiger partial charge in [0, 0.05) is 18.9 Å². The lowest BCUT2D eigenvalue weighted by atomic mass is 10.2. The predicted molar refractivity (Wildman–Crippen MR) is 71.9 cm³/mol. The molecule has 0 fully saturated rings. The van der Waals surface area contributed by atoms with Crippen LogP contribution in [0.25, 0.3) is 5.69 Å². The van der Waals surface area contributed by atoms with Gasteiger partial charge in [0.2, 0.25) is 0 Å². The number of methoxy groups -OCH3 is 1. The molecule has 100 valence electrons. The molecular formula is C14H17N3O2. The quantitative estimate of drug-likeness (QED) is 0.827. The Morgan fingerprint density at radius 2 is 2.16 bits per heavy atom. The number of nitrogens with zero attached hydrogens (tertiary/aromatic N) is 2. The van der Waals surface area contributed by atoms with Gasteiger partial charge in [0.25, 0.3) is 0 Å². The van der Waals surface area contributed by atoms with Gasteiger partial charge in [0.05, 0.1) is 12.8 Å². The number of carbonyl (C=O) groups is 1. The molecule has 19 heavy (non-hydrogen) atoms. The molecule has 0 spiro atoms. The minimum Gasteiger partial charge on any atom is -0.468 e. The normalized spacial score (nSPS) is 12.1. The summed E-state index contributed by atoms with van der Waals surface area (Å²) < 4.78 is 6.46. The highest BCUT2D eigenvalue weighted by atomic mass is 16.5. The highest BCUT2D eigenvalue weighted by molar-refractivity contribution is 5.75. The lowest BCUT2D eigenvalue weighted by Gasteiger charge is -2.11. The molecule has 0 aliphatic heterocycles. The van der Waals surface area contributed by atoms with Crippen molar-refractivity contribution in [1.82, 2.24) is 15.1 Å². The van der Waals surface area contributed by atoms with Crippen LogP contribution < -0.4 is 5.32 Å². The maximum atomic E-state index is 11.2. The standard InChI is InChI=1S/C14H17N3O2/c1-11(14(18)19-2)15-10-12-4-6-13(7-5-12)17-9-3-8-16-17/h3-9,11,15H,10H2,1-2H3/t11-/m0/s1. The number of ether oxygens (including phenoxy) is 1. The lowest BCUT2D eigenvalue weighted by molar-refractivity contribution is -0.142. The molecule has 0 aliphatic carbocycles. The molecule has 1 heterocycles. The van der Waals surface area contributed by atoms with Gasteiger partial charge in [0.15, 0.2) is 0 Å². The second-order valence-corrected chi connectivity index (χ2v) is 4.24. The summed E-state index contributed by atoms with van der Waals surface area (Å²) in [5, 5.41) is 7.27. The highest BCUT2D eigenvalue weighted by Gasteiger charge is 2.11. The lowest BCUT2D eigenvalue weighted by Crippen LogP contribution is -2.34. The Balaban J connectivity index is 1.94.